The molecule has 0 aromatic carbocycles. The maximum atomic E-state index is 11.2. The first-order valence-electron chi connectivity index (χ1n) is 4.70. The van der Waals surface area contributed by atoms with Crippen molar-refractivity contribution in [2.24, 2.45) is 0 Å². The molecule has 0 aliphatic rings. The fourth-order valence-electron chi connectivity index (χ4n) is 0.808. The molecule has 4 heteroatoms. The highest BCUT2D eigenvalue weighted by atomic mass is 32.2. The molecule has 0 saturated heterocycles. The number of hydrogen-bond donors (Lipinski definition) is 0. The van der Waals surface area contributed by atoms with Crippen molar-refractivity contribution in [3.63, 3.8) is 0 Å². The summed E-state index contributed by atoms with van der Waals surface area (Å²) >= 11 is 0. The maximum absolute atomic E-state index is 11.2. The van der Waals surface area contributed by atoms with Crippen molar-refractivity contribution in [3.05, 3.63) is 24.1 Å². The lowest BCUT2D eigenvalue weighted by molar-refractivity contribution is 0.685. The lowest BCUT2D eigenvalue weighted by Crippen LogP contribution is -1.98. The van der Waals surface area contributed by atoms with Crippen LogP contribution in [0.25, 0.3) is 0 Å². The molecule has 0 aliphatic heterocycles. The SMILES string of the molecule is C=CCS(=O)CC=CS(=O)CCCC. The molecule has 0 spiro atoms. The van der Waals surface area contributed by atoms with E-state index in [0.717, 1.165) is 12.8 Å². The van der Waals surface area contributed by atoms with E-state index in [4.69, 9.17) is 0 Å². The van der Waals surface area contributed by atoms with Gasteiger partial charge in [-0.3, -0.25) is 8.42 Å². The van der Waals surface area contributed by atoms with Gasteiger partial charge in [-0.05, 0) is 11.8 Å². The van der Waals surface area contributed by atoms with Crippen LogP contribution in [0.3, 0.4) is 0 Å². The second-order valence-corrected chi connectivity index (χ2v) is 5.86. The van der Waals surface area contributed by atoms with Gasteiger partial charge >= 0.3 is 0 Å². The molecule has 0 heterocycles. The summed E-state index contributed by atoms with van der Waals surface area (Å²) in [6.07, 6.45) is 5.41. The van der Waals surface area contributed by atoms with Crippen LogP contribution in [-0.2, 0) is 21.6 Å². The molecule has 0 radical (unpaired) electrons. The van der Waals surface area contributed by atoms with E-state index < -0.39 is 21.6 Å². The molecule has 0 bridgehead atoms. The van der Waals surface area contributed by atoms with Crippen molar-refractivity contribution < 1.29 is 8.42 Å². The van der Waals surface area contributed by atoms with Gasteiger partial charge in [-0.15, -0.1) is 6.58 Å². The predicted octanol–water partition coefficient (Wildman–Crippen LogP) is 1.98. The first kappa shape index (κ1) is 13.8. The molecule has 0 aliphatic carbocycles. The lowest BCUT2D eigenvalue weighted by Gasteiger charge is -1.94. The fourth-order valence-corrected chi connectivity index (χ4v) is 2.66. The van der Waals surface area contributed by atoms with Gasteiger partial charge < -0.3 is 0 Å². The summed E-state index contributed by atoms with van der Waals surface area (Å²) in [5.41, 5.74) is 0. The zero-order valence-electron chi connectivity index (χ0n) is 8.61. The van der Waals surface area contributed by atoms with E-state index in [1.54, 1.807) is 17.6 Å². The average molecular weight is 234 g/mol. The smallest absolute Gasteiger partial charge is 0.0453 e. The molecule has 2 unspecified atom stereocenters. The van der Waals surface area contributed by atoms with Crippen molar-refractivity contribution in [1.29, 1.82) is 0 Å². The zero-order chi connectivity index (χ0) is 10.8. The van der Waals surface area contributed by atoms with Crippen LogP contribution in [0.15, 0.2) is 24.1 Å². The van der Waals surface area contributed by atoms with Gasteiger partial charge in [0.2, 0.25) is 0 Å². The minimum Gasteiger partial charge on any atom is -0.259 e. The molecule has 0 saturated carbocycles. The maximum Gasteiger partial charge on any atom is 0.0453 e. The molecule has 0 fully saturated rings. The largest absolute Gasteiger partial charge is 0.259 e. The minimum absolute atomic E-state index is 0.476. The van der Waals surface area contributed by atoms with Crippen LogP contribution in [0.4, 0.5) is 0 Å². The Balaban J connectivity index is 3.65. The Hall–Kier alpha value is -0.220. The second-order valence-electron chi connectivity index (χ2n) is 2.87. The molecular formula is C10H18O2S2. The summed E-state index contributed by atoms with van der Waals surface area (Å²) in [6, 6.07) is 0. The van der Waals surface area contributed by atoms with E-state index in [0.29, 0.717) is 17.3 Å². The van der Waals surface area contributed by atoms with Crippen molar-refractivity contribution in [1.82, 2.24) is 0 Å². The van der Waals surface area contributed by atoms with Crippen LogP contribution in [0.1, 0.15) is 19.8 Å². The van der Waals surface area contributed by atoms with E-state index in [1.165, 1.54) is 0 Å². The quantitative estimate of drug-likeness (QED) is 0.602. The molecule has 82 valence electrons. The van der Waals surface area contributed by atoms with Gasteiger partial charge in [0.05, 0.1) is 0 Å². The summed E-state index contributed by atoms with van der Waals surface area (Å²) in [5.74, 6) is 1.69. The normalized spacial score (nSPS) is 15.5. The van der Waals surface area contributed by atoms with Gasteiger partial charge in [0.15, 0.2) is 0 Å². The van der Waals surface area contributed by atoms with E-state index in [2.05, 4.69) is 13.5 Å². The fraction of sp³-hybridized carbons (Fsp3) is 0.600. The van der Waals surface area contributed by atoms with E-state index >= 15 is 0 Å². The van der Waals surface area contributed by atoms with Crippen molar-refractivity contribution in [2.45, 2.75) is 19.8 Å². The van der Waals surface area contributed by atoms with Gasteiger partial charge in [-0.2, -0.15) is 0 Å². The van der Waals surface area contributed by atoms with Crippen molar-refractivity contribution >= 4 is 21.6 Å². The highest BCUT2D eigenvalue weighted by Crippen LogP contribution is 1.94. The van der Waals surface area contributed by atoms with Crippen LogP contribution >= 0.6 is 0 Å². The Labute approximate surface area is 91.4 Å². The van der Waals surface area contributed by atoms with Gasteiger partial charge in [-0.1, -0.05) is 25.5 Å². The summed E-state index contributed by atoms with van der Waals surface area (Å²) < 4.78 is 22.4. The van der Waals surface area contributed by atoms with Gasteiger partial charge in [0, 0.05) is 38.9 Å². The zero-order valence-corrected chi connectivity index (χ0v) is 10.2. The first-order chi connectivity index (χ1) is 6.70. The minimum atomic E-state index is -0.881. The Kier molecular flexibility index (Phi) is 9.19. The Morgan fingerprint density at radius 1 is 1.29 bits per heavy atom. The van der Waals surface area contributed by atoms with Crippen molar-refractivity contribution in [2.75, 3.05) is 17.3 Å². The van der Waals surface area contributed by atoms with E-state index in [-0.39, 0.29) is 0 Å². The molecule has 0 amide bonds. The van der Waals surface area contributed by atoms with Gasteiger partial charge in [0.25, 0.3) is 0 Å². The molecule has 0 rings (SSSR count). The molecule has 0 aromatic heterocycles. The Bertz CT molecular complexity index is 234. The van der Waals surface area contributed by atoms with E-state index in [9.17, 15) is 8.42 Å². The number of rotatable bonds is 8. The standard InChI is InChI=1S/C10H18O2S2/c1-3-5-8-14(12)10-6-9-13(11)7-4-2/h4,6,10H,2-3,5,7-9H2,1H3. The summed E-state index contributed by atoms with van der Waals surface area (Å²) in [6.45, 7) is 5.58. The molecule has 0 N–H and O–H groups in total. The summed E-state index contributed by atoms with van der Waals surface area (Å²) in [5, 5.41) is 1.65. The van der Waals surface area contributed by atoms with Crippen LogP contribution in [-0.4, -0.2) is 25.7 Å². The first-order valence-corrected chi connectivity index (χ1v) is 7.57. The van der Waals surface area contributed by atoms with Crippen LogP contribution < -0.4 is 0 Å². The molecule has 2 nitrogen and oxygen atoms in total. The van der Waals surface area contributed by atoms with Crippen LogP contribution in [0, 0.1) is 0 Å². The second kappa shape index (κ2) is 9.34. The summed E-state index contributed by atoms with van der Waals surface area (Å²) in [7, 11) is -1.76. The highest BCUT2D eigenvalue weighted by molar-refractivity contribution is 7.88. The van der Waals surface area contributed by atoms with E-state index in [1.807, 2.05) is 0 Å². The highest BCUT2D eigenvalue weighted by Gasteiger charge is 1.94. The Morgan fingerprint density at radius 2 is 2.00 bits per heavy atom. The molecule has 14 heavy (non-hydrogen) atoms. The Morgan fingerprint density at radius 3 is 2.57 bits per heavy atom. The monoisotopic (exact) mass is 234 g/mol. The third-order valence-corrected chi connectivity index (χ3v) is 3.89. The average Bonchev–Trinajstić information content (AvgIpc) is 2.15. The third kappa shape index (κ3) is 8.38. The van der Waals surface area contributed by atoms with Gasteiger partial charge in [0.1, 0.15) is 0 Å². The van der Waals surface area contributed by atoms with Crippen molar-refractivity contribution in [3.8, 4) is 0 Å². The third-order valence-electron chi connectivity index (χ3n) is 1.53. The molecular weight excluding hydrogens is 216 g/mol. The van der Waals surface area contributed by atoms with Crippen LogP contribution in [0.5, 0.6) is 0 Å². The topological polar surface area (TPSA) is 34.1 Å². The number of hydrogen-bond acceptors (Lipinski definition) is 2. The van der Waals surface area contributed by atoms with Crippen LogP contribution in [0.2, 0.25) is 0 Å². The lowest BCUT2D eigenvalue weighted by atomic mass is 10.4. The summed E-state index contributed by atoms with van der Waals surface area (Å²) in [4.78, 5) is 0. The number of unbranched alkanes of at least 4 members (excludes halogenated alkanes) is 1. The molecule has 0 aromatic rings. The predicted molar refractivity (Wildman–Crippen MR) is 65.1 cm³/mol. The van der Waals surface area contributed by atoms with Gasteiger partial charge in [-0.25, -0.2) is 0 Å². The molecule has 2 atom stereocenters.